The van der Waals surface area contributed by atoms with Crippen molar-refractivity contribution in [3.63, 3.8) is 0 Å². The van der Waals surface area contributed by atoms with Crippen LogP contribution in [0.3, 0.4) is 0 Å². The van der Waals surface area contributed by atoms with E-state index < -0.39 is 0 Å². The summed E-state index contributed by atoms with van der Waals surface area (Å²) in [5.41, 5.74) is 11.2. The van der Waals surface area contributed by atoms with Gasteiger partial charge in [-0.05, 0) is 81.1 Å². The number of para-hydroxylation sites is 1. The average molecular weight is 567 g/mol. The second-order valence-electron chi connectivity index (χ2n) is 13.4. The third-order valence-corrected chi connectivity index (χ3v) is 8.14. The molecule has 0 atom stereocenters. The zero-order valence-electron chi connectivity index (χ0n) is 26.0. The van der Waals surface area contributed by atoms with E-state index in [4.69, 9.17) is 9.97 Å². The van der Waals surface area contributed by atoms with E-state index in [1.165, 1.54) is 16.7 Å². The third kappa shape index (κ3) is 5.43. The molecule has 216 valence electrons. The maximum atomic E-state index is 10.6. The first-order chi connectivity index (χ1) is 20.4. The largest absolute Gasteiger partial charge is 0.507 e. The number of phenolic OH excluding ortho intramolecular Hbond substituents is 1. The van der Waals surface area contributed by atoms with E-state index in [1.54, 1.807) is 6.07 Å². The lowest BCUT2D eigenvalue weighted by Crippen LogP contribution is -2.16. The van der Waals surface area contributed by atoms with Crippen LogP contribution in [0.15, 0.2) is 97.5 Å². The van der Waals surface area contributed by atoms with Gasteiger partial charge in [0.15, 0.2) is 0 Å². The van der Waals surface area contributed by atoms with Gasteiger partial charge < -0.3 is 9.67 Å². The molecule has 1 N–H and O–H groups in total. The van der Waals surface area contributed by atoms with Crippen LogP contribution in [0, 0.1) is 0 Å². The molecule has 0 saturated carbocycles. The van der Waals surface area contributed by atoms with Gasteiger partial charge in [0.2, 0.25) is 0 Å². The van der Waals surface area contributed by atoms with E-state index >= 15 is 0 Å². The van der Waals surface area contributed by atoms with Gasteiger partial charge in [0.25, 0.3) is 0 Å². The van der Waals surface area contributed by atoms with Gasteiger partial charge in [0.05, 0.1) is 23.0 Å². The lowest BCUT2D eigenvalue weighted by molar-refractivity contribution is 0.476. The van der Waals surface area contributed by atoms with Gasteiger partial charge in [-0.3, -0.25) is 9.97 Å². The Bertz CT molecular complexity index is 1920. The Morgan fingerprint density at radius 1 is 0.651 bits per heavy atom. The molecule has 0 unspecified atom stereocenters. The van der Waals surface area contributed by atoms with Crippen molar-refractivity contribution in [2.75, 3.05) is 0 Å². The molecule has 0 radical (unpaired) electrons. The first-order valence-electron chi connectivity index (χ1n) is 14.7. The predicted octanol–water partition coefficient (Wildman–Crippen LogP) is 9.33. The van der Waals surface area contributed by atoms with Gasteiger partial charge in [-0.15, -0.1) is 0 Å². The molecule has 0 fully saturated rings. The van der Waals surface area contributed by atoms with Crippen LogP contribution in [-0.4, -0.2) is 24.6 Å². The van der Waals surface area contributed by atoms with Crippen LogP contribution in [0.1, 0.15) is 52.7 Å². The molecule has 5 heteroatoms. The monoisotopic (exact) mass is 566 g/mol. The number of hydrogen-bond acceptors (Lipinski definition) is 4. The van der Waals surface area contributed by atoms with E-state index in [0.717, 1.165) is 39.0 Å². The van der Waals surface area contributed by atoms with Crippen molar-refractivity contribution in [2.45, 2.75) is 52.4 Å². The van der Waals surface area contributed by atoms with Gasteiger partial charge in [0, 0.05) is 30.6 Å². The molecule has 3 heterocycles. The molecule has 43 heavy (non-hydrogen) atoms. The van der Waals surface area contributed by atoms with Crippen molar-refractivity contribution in [2.24, 2.45) is 7.05 Å². The number of phenols is 1. The number of aromatic nitrogens is 4. The number of aryl methyl sites for hydroxylation is 1. The van der Waals surface area contributed by atoms with Gasteiger partial charge >= 0.3 is 0 Å². The first-order valence-corrected chi connectivity index (χ1v) is 14.7. The van der Waals surface area contributed by atoms with Crippen molar-refractivity contribution in [1.82, 2.24) is 19.5 Å². The second-order valence-corrected chi connectivity index (χ2v) is 13.4. The first kappa shape index (κ1) is 28.4. The Labute approximate surface area is 253 Å². The number of imidazole rings is 1. The minimum Gasteiger partial charge on any atom is -0.507 e. The highest BCUT2D eigenvalue weighted by atomic mass is 16.3. The van der Waals surface area contributed by atoms with E-state index in [1.807, 2.05) is 66.6 Å². The van der Waals surface area contributed by atoms with Crippen LogP contribution in [0.4, 0.5) is 0 Å². The maximum Gasteiger partial charge on any atom is 0.144 e. The second kappa shape index (κ2) is 10.5. The molecule has 0 bridgehead atoms. The number of nitrogens with zero attached hydrogens (tertiary/aromatic N) is 4. The molecule has 0 aliphatic carbocycles. The van der Waals surface area contributed by atoms with Crippen LogP contribution in [-0.2, 0) is 17.9 Å². The van der Waals surface area contributed by atoms with Crippen molar-refractivity contribution in [3.8, 4) is 50.6 Å². The van der Waals surface area contributed by atoms with Crippen molar-refractivity contribution >= 4 is 11.0 Å². The summed E-state index contributed by atoms with van der Waals surface area (Å²) < 4.78 is 1.99. The molecule has 0 aliphatic rings. The fraction of sp³-hybridized carbons (Fsp3) is 0.237. The van der Waals surface area contributed by atoms with Crippen molar-refractivity contribution in [1.29, 1.82) is 0 Å². The van der Waals surface area contributed by atoms with E-state index in [2.05, 4.69) is 82.9 Å². The average Bonchev–Trinajstić information content (AvgIpc) is 3.32. The summed E-state index contributed by atoms with van der Waals surface area (Å²) in [4.78, 5) is 14.4. The Morgan fingerprint density at radius 2 is 1.28 bits per heavy atom. The van der Waals surface area contributed by atoms with Gasteiger partial charge in [-0.1, -0.05) is 77.9 Å². The topological polar surface area (TPSA) is 63.8 Å². The van der Waals surface area contributed by atoms with Crippen molar-refractivity contribution < 1.29 is 5.11 Å². The standard InChI is InChI=1S/C38H38N4O/c1-37(2,3)28-19-25(20-29(21-28)38(4,5)6)24-16-26(18-27(17-24)32-13-10-11-15-40-32)31-22-39-23-33-35(31)41-36(42(33)7)30-12-8-9-14-34(30)43/h8-23,43H,1-7H3. The highest BCUT2D eigenvalue weighted by Gasteiger charge is 2.22. The number of rotatable bonds is 4. The molecule has 6 rings (SSSR count). The number of aromatic hydroxyl groups is 1. The van der Waals surface area contributed by atoms with Crippen LogP contribution in [0.2, 0.25) is 0 Å². The summed E-state index contributed by atoms with van der Waals surface area (Å²) in [6.07, 6.45) is 5.55. The summed E-state index contributed by atoms with van der Waals surface area (Å²) in [5.74, 6) is 0.888. The number of benzene rings is 3. The molecule has 0 aliphatic heterocycles. The third-order valence-electron chi connectivity index (χ3n) is 8.14. The SMILES string of the molecule is Cn1c(-c2ccccc2O)nc2c(-c3cc(-c4cc(C(C)(C)C)cc(C(C)(C)C)c4)cc(-c4ccccn4)c3)cncc21. The quantitative estimate of drug-likeness (QED) is 0.231. The fourth-order valence-corrected chi connectivity index (χ4v) is 5.51. The lowest BCUT2D eigenvalue weighted by atomic mass is 9.78. The normalized spacial score (nSPS) is 12.2. The van der Waals surface area contributed by atoms with Gasteiger partial charge in [0.1, 0.15) is 17.1 Å². The Kier molecular flexibility index (Phi) is 6.92. The molecule has 0 spiro atoms. The van der Waals surface area contributed by atoms with E-state index in [0.29, 0.717) is 11.4 Å². The minimum atomic E-state index is 0.000305. The Morgan fingerprint density at radius 3 is 1.93 bits per heavy atom. The molecule has 0 saturated heterocycles. The van der Waals surface area contributed by atoms with Crippen molar-refractivity contribution in [3.05, 3.63) is 109 Å². The van der Waals surface area contributed by atoms with Gasteiger partial charge in [-0.25, -0.2) is 4.98 Å². The molecular formula is C38H38N4O. The van der Waals surface area contributed by atoms with Crippen LogP contribution >= 0.6 is 0 Å². The maximum absolute atomic E-state index is 10.6. The number of pyridine rings is 2. The molecular weight excluding hydrogens is 528 g/mol. The number of hydrogen-bond donors (Lipinski definition) is 1. The molecule has 6 aromatic rings. The van der Waals surface area contributed by atoms with Crippen LogP contribution < -0.4 is 0 Å². The van der Waals surface area contributed by atoms with Gasteiger partial charge in [-0.2, -0.15) is 0 Å². The van der Waals surface area contributed by atoms with E-state index in [9.17, 15) is 5.11 Å². The smallest absolute Gasteiger partial charge is 0.144 e. The highest BCUT2D eigenvalue weighted by Crippen LogP contribution is 2.39. The summed E-state index contributed by atoms with van der Waals surface area (Å²) in [6, 6.07) is 27.0. The molecule has 3 aromatic heterocycles. The molecule has 3 aromatic carbocycles. The predicted molar refractivity (Wildman–Crippen MR) is 177 cm³/mol. The zero-order valence-corrected chi connectivity index (χ0v) is 26.0. The highest BCUT2D eigenvalue weighted by molar-refractivity contribution is 5.95. The summed E-state index contributed by atoms with van der Waals surface area (Å²) in [7, 11) is 1.96. The Balaban J connectivity index is 1.62. The van der Waals surface area contributed by atoms with Crippen LogP contribution in [0.5, 0.6) is 5.75 Å². The fourth-order valence-electron chi connectivity index (χ4n) is 5.51. The summed E-state index contributed by atoms with van der Waals surface area (Å²) in [6.45, 7) is 13.6. The summed E-state index contributed by atoms with van der Waals surface area (Å²) in [5, 5.41) is 10.6. The molecule has 5 nitrogen and oxygen atoms in total. The zero-order chi connectivity index (χ0) is 30.5. The Hall–Kier alpha value is -4.77. The lowest BCUT2D eigenvalue weighted by Gasteiger charge is -2.26. The van der Waals surface area contributed by atoms with Crippen LogP contribution in [0.25, 0.3) is 55.9 Å². The van der Waals surface area contributed by atoms with E-state index in [-0.39, 0.29) is 16.6 Å². The molecule has 0 amide bonds. The minimum absolute atomic E-state index is 0.000305. The number of fused-ring (bicyclic) bond motifs is 1. The summed E-state index contributed by atoms with van der Waals surface area (Å²) >= 11 is 0.